The first-order valence-electron chi connectivity index (χ1n) is 6.09. The normalized spacial score (nSPS) is 20.2. The van der Waals surface area contributed by atoms with Crippen molar-refractivity contribution in [3.05, 3.63) is 17.8 Å². The van der Waals surface area contributed by atoms with Gasteiger partial charge in [-0.3, -0.25) is 0 Å². The first-order chi connectivity index (χ1) is 9.06. The Balaban J connectivity index is 1.94. The van der Waals surface area contributed by atoms with Gasteiger partial charge in [-0.15, -0.1) is 0 Å². The Morgan fingerprint density at radius 1 is 1.74 bits per heavy atom. The number of likely N-dealkylation sites (N-methyl/N-ethyl adjacent to an activating group) is 1. The summed E-state index contributed by atoms with van der Waals surface area (Å²) in [5.41, 5.74) is 6.17. The molecule has 0 amide bonds. The van der Waals surface area contributed by atoms with Crippen molar-refractivity contribution in [3.8, 4) is 0 Å². The molecule has 1 aliphatic heterocycles. The molecular weight excluding hydrogens is 248 g/mol. The molecule has 4 N–H and O–H groups in total. The number of aromatic carboxylic acids is 1. The summed E-state index contributed by atoms with van der Waals surface area (Å²) in [6, 6.07) is 1.39. The summed E-state index contributed by atoms with van der Waals surface area (Å²) in [4.78, 5) is 17.0. The zero-order valence-electron chi connectivity index (χ0n) is 10.8. The number of nitrogens with zero attached hydrogens (tertiary/aromatic N) is 2. The molecule has 1 aromatic rings. The third kappa shape index (κ3) is 3.55. The summed E-state index contributed by atoms with van der Waals surface area (Å²) in [6.45, 7) is 3.09. The zero-order chi connectivity index (χ0) is 13.8. The van der Waals surface area contributed by atoms with Crippen LogP contribution >= 0.6 is 0 Å². The fourth-order valence-electron chi connectivity index (χ4n) is 1.95. The molecule has 0 aromatic carbocycles. The van der Waals surface area contributed by atoms with Crippen LogP contribution in [-0.2, 0) is 4.74 Å². The number of anilines is 2. The van der Waals surface area contributed by atoms with E-state index in [0.717, 1.165) is 13.1 Å². The number of nitrogens with one attached hydrogen (secondary N) is 1. The van der Waals surface area contributed by atoms with Gasteiger partial charge in [-0.1, -0.05) is 0 Å². The van der Waals surface area contributed by atoms with E-state index in [2.05, 4.69) is 15.2 Å². The van der Waals surface area contributed by atoms with Crippen molar-refractivity contribution < 1.29 is 14.6 Å². The van der Waals surface area contributed by atoms with Gasteiger partial charge in [0.2, 0.25) is 0 Å². The molecule has 0 bridgehead atoms. The van der Waals surface area contributed by atoms with E-state index in [1.54, 1.807) is 0 Å². The highest BCUT2D eigenvalue weighted by molar-refractivity contribution is 5.89. The van der Waals surface area contributed by atoms with Crippen molar-refractivity contribution >= 4 is 17.5 Å². The fraction of sp³-hybridized carbons (Fsp3) is 0.500. The van der Waals surface area contributed by atoms with Gasteiger partial charge in [-0.05, 0) is 13.1 Å². The highest BCUT2D eigenvalue weighted by Gasteiger charge is 2.18. The van der Waals surface area contributed by atoms with Crippen LogP contribution in [0, 0.1) is 0 Å². The number of carbonyl (C=O) groups is 1. The lowest BCUT2D eigenvalue weighted by molar-refractivity contribution is -0.0117. The molecule has 104 valence electrons. The summed E-state index contributed by atoms with van der Waals surface area (Å²) >= 11 is 0. The van der Waals surface area contributed by atoms with Crippen molar-refractivity contribution in [3.63, 3.8) is 0 Å². The van der Waals surface area contributed by atoms with E-state index >= 15 is 0 Å². The van der Waals surface area contributed by atoms with E-state index in [9.17, 15) is 4.79 Å². The van der Waals surface area contributed by atoms with Gasteiger partial charge in [-0.2, -0.15) is 0 Å². The smallest absolute Gasteiger partial charge is 0.337 e. The average Bonchev–Trinajstić information content (AvgIpc) is 2.37. The number of pyridine rings is 1. The summed E-state index contributed by atoms with van der Waals surface area (Å²) in [7, 11) is 2.05. The Kier molecular flexibility index (Phi) is 4.18. The molecule has 7 nitrogen and oxygen atoms in total. The molecule has 1 fully saturated rings. The predicted octanol–water partition coefficient (Wildman–Crippen LogP) is 0.105. The van der Waals surface area contributed by atoms with Crippen LogP contribution in [0.3, 0.4) is 0 Å². The Labute approximate surface area is 111 Å². The number of nitrogen functional groups attached to an aromatic ring is 1. The largest absolute Gasteiger partial charge is 0.478 e. The SMILES string of the molecule is CN1CCOC(CNc2ncc(C(=O)O)cc2N)C1. The van der Waals surface area contributed by atoms with Crippen molar-refractivity contribution in [2.45, 2.75) is 6.10 Å². The number of aromatic nitrogens is 1. The van der Waals surface area contributed by atoms with Crippen molar-refractivity contribution in [2.75, 3.05) is 44.3 Å². The number of carboxylic acid groups (broad SMARTS) is 1. The molecule has 2 heterocycles. The van der Waals surface area contributed by atoms with E-state index in [1.165, 1.54) is 12.3 Å². The molecule has 1 unspecified atom stereocenters. The Morgan fingerprint density at radius 3 is 3.16 bits per heavy atom. The standard InChI is InChI=1S/C12H18N4O3/c1-16-2-3-19-9(7-16)6-15-11-10(13)4-8(5-14-11)12(17)18/h4-5,9H,2-3,6-7,13H2,1H3,(H,14,15)(H,17,18). The van der Waals surface area contributed by atoms with Crippen LogP contribution in [0.25, 0.3) is 0 Å². The lowest BCUT2D eigenvalue weighted by Gasteiger charge is -2.30. The van der Waals surface area contributed by atoms with Crippen LogP contribution in [-0.4, -0.2) is 60.4 Å². The van der Waals surface area contributed by atoms with Crippen molar-refractivity contribution in [2.24, 2.45) is 0 Å². The number of morpholine rings is 1. The second kappa shape index (κ2) is 5.85. The molecule has 0 spiro atoms. The van der Waals surface area contributed by atoms with Gasteiger partial charge in [0.1, 0.15) is 5.82 Å². The minimum Gasteiger partial charge on any atom is -0.478 e. The number of carboxylic acids is 1. The first kappa shape index (κ1) is 13.6. The predicted molar refractivity (Wildman–Crippen MR) is 71.3 cm³/mol. The summed E-state index contributed by atoms with van der Waals surface area (Å²) in [5.74, 6) is -0.551. The third-order valence-corrected chi connectivity index (χ3v) is 3.00. The Morgan fingerprint density at radius 2 is 2.53 bits per heavy atom. The number of hydrogen-bond acceptors (Lipinski definition) is 6. The maximum absolute atomic E-state index is 10.8. The summed E-state index contributed by atoms with van der Waals surface area (Å²) in [6.07, 6.45) is 1.37. The van der Waals surface area contributed by atoms with E-state index in [1.807, 2.05) is 7.05 Å². The molecule has 0 radical (unpaired) electrons. The van der Waals surface area contributed by atoms with Crippen LogP contribution in [0.15, 0.2) is 12.3 Å². The minimum absolute atomic E-state index is 0.0803. The van der Waals surface area contributed by atoms with Crippen LogP contribution in [0.4, 0.5) is 11.5 Å². The molecule has 1 atom stereocenters. The van der Waals surface area contributed by atoms with Crippen LogP contribution in [0.5, 0.6) is 0 Å². The molecular formula is C12H18N4O3. The maximum Gasteiger partial charge on any atom is 0.337 e. The second-order valence-corrected chi connectivity index (χ2v) is 4.60. The van der Waals surface area contributed by atoms with Gasteiger partial charge < -0.3 is 25.8 Å². The average molecular weight is 266 g/mol. The van der Waals surface area contributed by atoms with Crippen LogP contribution < -0.4 is 11.1 Å². The maximum atomic E-state index is 10.8. The Hall–Kier alpha value is -1.86. The monoisotopic (exact) mass is 266 g/mol. The second-order valence-electron chi connectivity index (χ2n) is 4.60. The van der Waals surface area contributed by atoms with Gasteiger partial charge in [0.05, 0.1) is 24.0 Å². The highest BCUT2D eigenvalue weighted by Crippen LogP contribution is 2.17. The molecule has 7 heteroatoms. The van der Waals surface area contributed by atoms with Crippen molar-refractivity contribution in [1.29, 1.82) is 0 Å². The number of hydrogen-bond donors (Lipinski definition) is 3. The van der Waals surface area contributed by atoms with Crippen molar-refractivity contribution in [1.82, 2.24) is 9.88 Å². The molecule has 19 heavy (non-hydrogen) atoms. The fourth-order valence-corrected chi connectivity index (χ4v) is 1.95. The molecule has 1 aliphatic rings. The zero-order valence-corrected chi connectivity index (χ0v) is 10.8. The first-order valence-corrected chi connectivity index (χ1v) is 6.09. The summed E-state index contributed by atoms with van der Waals surface area (Å²) in [5, 5.41) is 11.9. The number of ether oxygens (including phenoxy) is 1. The molecule has 1 saturated heterocycles. The van der Waals surface area contributed by atoms with Gasteiger partial charge in [0.15, 0.2) is 0 Å². The van der Waals surface area contributed by atoms with Gasteiger partial charge in [0.25, 0.3) is 0 Å². The summed E-state index contributed by atoms with van der Waals surface area (Å²) < 4.78 is 5.61. The van der Waals surface area contributed by atoms with Gasteiger partial charge >= 0.3 is 5.97 Å². The lowest BCUT2D eigenvalue weighted by Crippen LogP contribution is -2.43. The van der Waals surface area contributed by atoms with E-state index in [4.69, 9.17) is 15.6 Å². The van der Waals surface area contributed by atoms with E-state index in [-0.39, 0.29) is 11.7 Å². The van der Waals surface area contributed by atoms with Gasteiger partial charge in [-0.25, -0.2) is 9.78 Å². The van der Waals surface area contributed by atoms with Crippen LogP contribution in [0.1, 0.15) is 10.4 Å². The number of nitrogens with two attached hydrogens (primary N) is 1. The molecule has 0 aliphatic carbocycles. The lowest BCUT2D eigenvalue weighted by atomic mass is 10.2. The number of rotatable bonds is 4. The molecule has 2 rings (SSSR count). The highest BCUT2D eigenvalue weighted by atomic mass is 16.5. The van der Waals surface area contributed by atoms with E-state index < -0.39 is 5.97 Å². The quantitative estimate of drug-likeness (QED) is 0.710. The molecule has 0 saturated carbocycles. The topological polar surface area (TPSA) is 101 Å². The minimum atomic E-state index is -1.04. The Bertz CT molecular complexity index is 466. The van der Waals surface area contributed by atoms with Gasteiger partial charge in [0, 0.05) is 25.8 Å². The third-order valence-electron chi connectivity index (χ3n) is 3.00. The van der Waals surface area contributed by atoms with E-state index in [0.29, 0.717) is 24.7 Å². The van der Waals surface area contributed by atoms with Crippen LogP contribution in [0.2, 0.25) is 0 Å². The molecule has 1 aromatic heterocycles.